The van der Waals surface area contributed by atoms with Gasteiger partial charge in [0.05, 0.1) is 4.92 Å². The van der Waals surface area contributed by atoms with Crippen LogP contribution in [0.15, 0.2) is 46.9 Å². The topological polar surface area (TPSA) is 73.3 Å². The second-order valence-electron chi connectivity index (χ2n) is 8.90. The van der Waals surface area contributed by atoms with Crippen LogP contribution in [0.5, 0.6) is 0 Å². The van der Waals surface area contributed by atoms with Crippen molar-refractivity contribution in [1.82, 2.24) is 0 Å². The Hall–Kier alpha value is -2.69. The summed E-state index contributed by atoms with van der Waals surface area (Å²) in [6.45, 7) is 0. The molecule has 28 heavy (non-hydrogen) atoms. The van der Waals surface area contributed by atoms with Crippen LogP contribution in [0.4, 0.5) is 5.69 Å². The smallest absolute Gasteiger partial charge is 0.269 e. The minimum absolute atomic E-state index is 0.0524. The Labute approximate surface area is 163 Å². The lowest BCUT2D eigenvalue weighted by Gasteiger charge is -2.55. The number of non-ortho nitro benzene ring substituents is 1. The Morgan fingerprint density at radius 3 is 2.18 bits per heavy atom. The van der Waals surface area contributed by atoms with Crippen LogP contribution in [-0.2, 0) is 4.79 Å². The molecule has 0 unspecified atom stereocenters. The Bertz CT molecular complexity index is 918. The van der Waals surface area contributed by atoms with Gasteiger partial charge in [-0.3, -0.25) is 14.9 Å². The van der Waals surface area contributed by atoms with Gasteiger partial charge in [0.2, 0.25) is 0 Å². The summed E-state index contributed by atoms with van der Waals surface area (Å²) in [6, 6.07) is 9.93. The molecule has 0 amide bonds. The summed E-state index contributed by atoms with van der Waals surface area (Å²) in [5, 5.41) is 10.8. The zero-order valence-electron chi connectivity index (χ0n) is 15.7. The fourth-order valence-electron chi connectivity index (χ4n) is 6.09. The molecule has 4 aliphatic carbocycles. The number of nitro groups is 1. The van der Waals surface area contributed by atoms with Crippen molar-refractivity contribution in [3.05, 3.63) is 58.3 Å². The van der Waals surface area contributed by atoms with Crippen LogP contribution in [-0.4, -0.2) is 10.7 Å². The normalized spacial score (nSPS) is 30.8. The number of hydrogen-bond acceptors (Lipinski definition) is 4. The van der Waals surface area contributed by atoms with Crippen molar-refractivity contribution in [2.45, 2.75) is 38.5 Å². The van der Waals surface area contributed by atoms with Crippen molar-refractivity contribution >= 4 is 17.5 Å². The molecule has 4 saturated carbocycles. The molecule has 1 aromatic heterocycles. The predicted octanol–water partition coefficient (Wildman–Crippen LogP) is 5.65. The van der Waals surface area contributed by atoms with Crippen molar-refractivity contribution in [1.29, 1.82) is 0 Å². The van der Waals surface area contributed by atoms with Gasteiger partial charge in [-0.2, -0.15) is 0 Å². The average Bonchev–Trinajstić information content (AvgIpc) is 3.14. The number of nitro benzene ring substituents is 1. The molecule has 4 fully saturated rings. The molecular formula is C23H23NO4. The average molecular weight is 377 g/mol. The highest BCUT2D eigenvalue weighted by atomic mass is 16.6. The van der Waals surface area contributed by atoms with Gasteiger partial charge in [0, 0.05) is 23.1 Å². The summed E-state index contributed by atoms with van der Waals surface area (Å²) >= 11 is 0. The second-order valence-corrected chi connectivity index (χ2v) is 8.90. The molecule has 1 aromatic carbocycles. The largest absolute Gasteiger partial charge is 0.457 e. The zero-order valence-corrected chi connectivity index (χ0v) is 15.7. The Morgan fingerprint density at radius 2 is 1.61 bits per heavy atom. The first kappa shape index (κ1) is 17.4. The van der Waals surface area contributed by atoms with Gasteiger partial charge in [0.1, 0.15) is 11.5 Å². The lowest BCUT2D eigenvalue weighted by atomic mass is 9.48. The molecule has 4 aliphatic rings. The van der Waals surface area contributed by atoms with E-state index in [1.54, 1.807) is 24.3 Å². The monoisotopic (exact) mass is 377 g/mol. The molecule has 0 aliphatic heterocycles. The summed E-state index contributed by atoms with van der Waals surface area (Å²) < 4.78 is 5.83. The molecule has 0 radical (unpaired) electrons. The molecule has 2 aromatic rings. The van der Waals surface area contributed by atoms with Crippen LogP contribution < -0.4 is 0 Å². The minimum atomic E-state index is -0.420. The van der Waals surface area contributed by atoms with E-state index >= 15 is 0 Å². The lowest BCUT2D eigenvalue weighted by molar-refractivity contribution is -0.384. The van der Waals surface area contributed by atoms with Gasteiger partial charge in [-0.25, -0.2) is 0 Å². The maximum absolute atomic E-state index is 13.1. The summed E-state index contributed by atoms with van der Waals surface area (Å²) in [5.74, 6) is 3.78. The van der Waals surface area contributed by atoms with Gasteiger partial charge >= 0.3 is 0 Å². The summed E-state index contributed by atoms with van der Waals surface area (Å²) in [4.78, 5) is 23.4. The van der Waals surface area contributed by atoms with Crippen LogP contribution in [0.3, 0.4) is 0 Å². The van der Waals surface area contributed by atoms with E-state index in [9.17, 15) is 14.9 Å². The lowest BCUT2D eigenvalue weighted by Crippen LogP contribution is -2.49. The fraction of sp³-hybridized carbons (Fsp3) is 0.435. The fourth-order valence-corrected chi connectivity index (χ4v) is 6.09. The summed E-state index contributed by atoms with van der Waals surface area (Å²) in [6.07, 6.45) is 10.7. The van der Waals surface area contributed by atoms with Crippen molar-refractivity contribution in [3.63, 3.8) is 0 Å². The molecule has 1 heterocycles. The number of nitrogens with zero attached hydrogens (tertiary/aromatic N) is 1. The van der Waals surface area contributed by atoms with Gasteiger partial charge < -0.3 is 4.42 Å². The number of furan rings is 1. The molecular weight excluding hydrogens is 354 g/mol. The third-order valence-corrected chi connectivity index (χ3v) is 6.95. The highest BCUT2D eigenvalue weighted by Gasteiger charge is 2.53. The SMILES string of the molecule is O=C(/C=C/c1ccc(-c2ccc([N+](=O)[O-])cc2)o1)C12CC3CC(CC(C3)C1)C2. The van der Waals surface area contributed by atoms with Gasteiger partial charge in [-0.15, -0.1) is 0 Å². The maximum atomic E-state index is 13.1. The number of carbonyl (C=O) groups excluding carboxylic acids is 1. The molecule has 144 valence electrons. The molecule has 0 saturated heterocycles. The Balaban J connectivity index is 1.31. The first-order chi connectivity index (χ1) is 13.5. The van der Waals surface area contributed by atoms with Crippen LogP contribution in [0.2, 0.25) is 0 Å². The number of rotatable bonds is 5. The molecule has 5 heteroatoms. The van der Waals surface area contributed by atoms with E-state index in [1.807, 2.05) is 12.1 Å². The summed E-state index contributed by atoms with van der Waals surface area (Å²) in [7, 11) is 0. The highest BCUT2D eigenvalue weighted by Crippen LogP contribution is 2.60. The molecule has 0 atom stereocenters. The van der Waals surface area contributed by atoms with Crippen LogP contribution in [0.25, 0.3) is 17.4 Å². The number of hydrogen-bond donors (Lipinski definition) is 0. The quantitative estimate of drug-likeness (QED) is 0.383. The Kier molecular flexibility index (Phi) is 4.00. The van der Waals surface area contributed by atoms with Gasteiger partial charge in [0.25, 0.3) is 5.69 Å². The molecule has 6 rings (SSSR count). The van der Waals surface area contributed by atoms with Crippen LogP contribution in [0.1, 0.15) is 44.3 Å². The third kappa shape index (κ3) is 2.99. The van der Waals surface area contributed by atoms with E-state index < -0.39 is 4.92 Å². The van der Waals surface area contributed by atoms with E-state index in [-0.39, 0.29) is 16.9 Å². The van der Waals surface area contributed by atoms with Crippen molar-refractivity contribution in [2.24, 2.45) is 23.2 Å². The van der Waals surface area contributed by atoms with Crippen LogP contribution >= 0.6 is 0 Å². The van der Waals surface area contributed by atoms with Crippen LogP contribution in [0, 0.1) is 33.3 Å². The number of benzene rings is 1. The van der Waals surface area contributed by atoms with Gasteiger partial charge in [0.15, 0.2) is 5.78 Å². The number of allylic oxidation sites excluding steroid dienone is 1. The summed E-state index contributed by atoms with van der Waals surface area (Å²) in [5.41, 5.74) is 0.702. The van der Waals surface area contributed by atoms with E-state index in [4.69, 9.17) is 4.42 Å². The maximum Gasteiger partial charge on any atom is 0.269 e. The number of carbonyl (C=O) groups is 1. The van der Waals surface area contributed by atoms with E-state index in [2.05, 4.69) is 0 Å². The highest BCUT2D eigenvalue weighted by molar-refractivity contribution is 5.98. The standard InChI is InChI=1S/C23H23NO4/c25-22(23-12-15-9-16(13-23)11-17(10-15)14-23)8-6-20-5-7-21(28-20)18-1-3-19(4-2-18)24(26)27/h1-8,15-17H,9-14H2/b8-6+. The van der Waals surface area contributed by atoms with E-state index in [0.717, 1.165) is 42.6 Å². The first-order valence-electron chi connectivity index (χ1n) is 10.1. The molecule has 0 spiro atoms. The molecule has 4 bridgehead atoms. The van der Waals surface area contributed by atoms with Gasteiger partial charge in [-0.05, 0) is 92.7 Å². The molecule has 0 N–H and O–H groups in total. The predicted molar refractivity (Wildman–Crippen MR) is 105 cm³/mol. The van der Waals surface area contributed by atoms with Gasteiger partial charge in [-0.1, -0.05) is 0 Å². The van der Waals surface area contributed by atoms with Crippen molar-refractivity contribution in [3.8, 4) is 11.3 Å². The Morgan fingerprint density at radius 1 is 1.00 bits per heavy atom. The zero-order chi connectivity index (χ0) is 19.3. The van der Waals surface area contributed by atoms with Crippen molar-refractivity contribution in [2.75, 3.05) is 0 Å². The molecule has 5 nitrogen and oxygen atoms in total. The van der Waals surface area contributed by atoms with Crippen molar-refractivity contribution < 1.29 is 14.1 Å². The third-order valence-electron chi connectivity index (χ3n) is 6.95. The van der Waals surface area contributed by atoms with E-state index in [0.29, 0.717) is 11.5 Å². The second kappa shape index (κ2) is 6.43. The number of ketones is 1. The van der Waals surface area contributed by atoms with E-state index in [1.165, 1.54) is 31.4 Å². The minimum Gasteiger partial charge on any atom is -0.457 e. The first-order valence-corrected chi connectivity index (χ1v) is 10.1.